The van der Waals surface area contributed by atoms with Gasteiger partial charge in [-0.2, -0.15) is 0 Å². The van der Waals surface area contributed by atoms with Crippen molar-refractivity contribution in [3.8, 4) is 0 Å². The normalized spacial score (nSPS) is 24.5. The highest BCUT2D eigenvalue weighted by Crippen LogP contribution is 2.29. The van der Waals surface area contributed by atoms with Crippen molar-refractivity contribution < 1.29 is 0 Å². The van der Waals surface area contributed by atoms with E-state index in [1.54, 1.807) is 16.7 Å². The quantitative estimate of drug-likeness (QED) is 0.660. The molecule has 0 amide bonds. The van der Waals surface area contributed by atoms with Gasteiger partial charge in [-0.25, -0.2) is 0 Å². The van der Waals surface area contributed by atoms with Crippen LogP contribution in [0.15, 0.2) is 12.1 Å². The Morgan fingerprint density at radius 1 is 0.929 bits per heavy atom. The van der Waals surface area contributed by atoms with Gasteiger partial charge in [0.2, 0.25) is 0 Å². The highest BCUT2D eigenvalue weighted by Gasteiger charge is 2.19. The molecule has 2 aliphatic carbocycles. The van der Waals surface area contributed by atoms with E-state index in [-0.39, 0.29) is 0 Å². The Balaban J connectivity index is 2.06. The fourth-order valence-corrected chi connectivity index (χ4v) is 2.87. The van der Waals surface area contributed by atoms with Crippen LogP contribution >= 0.6 is 0 Å². The molecule has 3 rings (SSSR count). The minimum atomic E-state index is 0.405. The van der Waals surface area contributed by atoms with Gasteiger partial charge < -0.3 is 5.73 Å². The van der Waals surface area contributed by atoms with Crippen LogP contribution in [0.1, 0.15) is 35.1 Å². The van der Waals surface area contributed by atoms with Gasteiger partial charge >= 0.3 is 0 Å². The molecule has 0 aromatic heterocycles. The van der Waals surface area contributed by atoms with Crippen LogP contribution in [0.2, 0.25) is 0 Å². The first-order valence-electron chi connectivity index (χ1n) is 5.72. The summed E-state index contributed by atoms with van der Waals surface area (Å²) >= 11 is 0. The van der Waals surface area contributed by atoms with Gasteiger partial charge in [-0.15, -0.1) is 0 Å². The van der Waals surface area contributed by atoms with E-state index in [9.17, 15) is 0 Å². The number of hydrogen-bond acceptors (Lipinski definition) is 1. The lowest BCUT2D eigenvalue weighted by Crippen LogP contribution is -2.27. The van der Waals surface area contributed by atoms with Crippen molar-refractivity contribution in [1.29, 1.82) is 0 Å². The number of aryl methyl sites for hydroxylation is 3. The fourth-order valence-electron chi connectivity index (χ4n) is 2.87. The van der Waals surface area contributed by atoms with E-state index in [2.05, 4.69) is 12.1 Å². The number of nitrogens with two attached hydrogens (primary N) is 1. The van der Waals surface area contributed by atoms with Gasteiger partial charge in [0.25, 0.3) is 0 Å². The lowest BCUT2D eigenvalue weighted by Gasteiger charge is -2.22. The summed E-state index contributed by atoms with van der Waals surface area (Å²) in [6.45, 7) is 0. The minimum absolute atomic E-state index is 0.405. The van der Waals surface area contributed by atoms with Gasteiger partial charge in [-0.05, 0) is 60.8 Å². The predicted molar refractivity (Wildman–Crippen MR) is 58.5 cm³/mol. The Kier molecular flexibility index (Phi) is 1.88. The van der Waals surface area contributed by atoms with Gasteiger partial charge in [0, 0.05) is 6.04 Å². The molecule has 1 nitrogen and oxygen atoms in total. The van der Waals surface area contributed by atoms with Gasteiger partial charge in [0.05, 0.1) is 0 Å². The van der Waals surface area contributed by atoms with E-state index in [0.717, 1.165) is 6.42 Å². The van der Waals surface area contributed by atoms with Crippen LogP contribution in [-0.4, -0.2) is 6.04 Å². The second-order valence-electron chi connectivity index (χ2n) is 4.75. The molecule has 1 aromatic carbocycles. The summed E-state index contributed by atoms with van der Waals surface area (Å²) in [6.07, 6.45) is 7.41. The van der Waals surface area contributed by atoms with E-state index in [1.165, 1.54) is 37.7 Å². The van der Waals surface area contributed by atoms with E-state index in [1.807, 2.05) is 0 Å². The molecule has 2 N–H and O–H groups in total. The van der Waals surface area contributed by atoms with Crippen LogP contribution < -0.4 is 5.73 Å². The Morgan fingerprint density at radius 3 is 2.36 bits per heavy atom. The third kappa shape index (κ3) is 1.27. The average Bonchev–Trinajstić information content (AvgIpc) is 2.61. The van der Waals surface area contributed by atoms with Crippen LogP contribution in [0.5, 0.6) is 0 Å². The third-order valence-electron chi connectivity index (χ3n) is 3.68. The first kappa shape index (κ1) is 8.49. The van der Waals surface area contributed by atoms with Crippen LogP contribution in [0.25, 0.3) is 0 Å². The molecule has 14 heavy (non-hydrogen) atoms. The Morgan fingerprint density at radius 2 is 1.57 bits per heavy atom. The Labute approximate surface area is 85.3 Å². The molecule has 0 fully saturated rings. The first-order chi connectivity index (χ1) is 6.83. The summed E-state index contributed by atoms with van der Waals surface area (Å²) in [5.41, 5.74) is 12.3. The molecule has 0 saturated heterocycles. The summed E-state index contributed by atoms with van der Waals surface area (Å²) < 4.78 is 0. The number of fused-ring (bicyclic) bond motifs is 2. The zero-order valence-electron chi connectivity index (χ0n) is 8.55. The number of rotatable bonds is 0. The van der Waals surface area contributed by atoms with Crippen molar-refractivity contribution in [3.05, 3.63) is 34.4 Å². The highest BCUT2D eigenvalue weighted by atomic mass is 14.6. The average molecular weight is 187 g/mol. The van der Waals surface area contributed by atoms with Gasteiger partial charge in [0.15, 0.2) is 0 Å². The van der Waals surface area contributed by atoms with E-state index < -0.39 is 0 Å². The van der Waals surface area contributed by atoms with Gasteiger partial charge in [-0.3, -0.25) is 0 Å². The van der Waals surface area contributed by atoms with Crippen LogP contribution in [0, 0.1) is 0 Å². The number of benzene rings is 1. The van der Waals surface area contributed by atoms with Crippen molar-refractivity contribution in [3.63, 3.8) is 0 Å². The second kappa shape index (κ2) is 3.09. The molecule has 1 atom stereocenters. The molecule has 0 radical (unpaired) electrons. The molecule has 1 heteroatoms. The lowest BCUT2D eigenvalue weighted by molar-refractivity contribution is 0.576. The summed E-state index contributed by atoms with van der Waals surface area (Å²) in [6, 6.07) is 5.28. The third-order valence-corrected chi connectivity index (χ3v) is 3.68. The van der Waals surface area contributed by atoms with E-state index in [4.69, 9.17) is 5.73 Å². The first-order valence-corrected chi connectivity index (χ1v) is 5.72. The minimum Gasteiger partial charge on any atom is -0.327 e. The van der Waals surface area contributed by atoms with E-state index >= 15 is 0 Å². The topological polar surface area (TPSA) is 26.0 Å². The van der Waals surface area contributed by atoms with Crippen molar-refractivity contribution in [2.24, 2.45) is 5.73 Å². The van der Waals surface area contributed by atoms with Crippen molar-refractivity contribution >= 4 is 0 Å². The van der Waals surface area contributed by atoms with E-state index in [0.29, 0.717) is 6.04 Å². The maximum Gasteiger partial charge on any atom is 0.00825 e. The smallest absolute Gasteiger partial charge is 0.00825 e. The second-order valence-corrected chi connectivity index (χ2v) is 4.75. The van der Waals surface area contributed by atoms with Crippen LogP contribution in [0.3, 0.4) is 0 Å². The molecule has 0 spiro atoms. The number of hydrogen-bond donors (Lipinski definition) is 1. The highest BCUT2D eigenvalue weighted by molar-refractivity contribution is 5.42. The molecule has 0 unspecified atom stereocenters. The van der Waals surface area contributed by atoms with Crippen molar-refractivity contribution in [2.75, 3.05) is 0 Å². The van der Waals surface area contributed by atoms with Gasteiger partial charge in [-0.1, -0.05) is 12.1 Å². The fraction of sp³-hybridized carbons (Fsp3) is 0.538. The molecule has 0 saturated carbocycles. The monoisotopic (exact) mass is 187 g/mol. The molecular formula is C13H17N. The molecule has 0 aliphatic heterocycles. The van der Waals surface area contributed by atoms with Crippen LogP contribution in [0.4, 0.5) is 0 Å². The molecule has 0 heterocycles. The van der Waals surface area contributed by atoms with Crippen molar-refractivity contribution in [2.45, 2.75) is 44.6 Å². The summed E-state index contributed by atoms with van der Waals surface area (Å²) in [7, 11) is 0. The predicted octanol–water partition coefficient (Wildman–Crippen LogP) is 1.99. The maximum atomic E-state index is 5.99. The molecule has 1 aromatic rings. The lowest BCUT2D eigenvalue weighted by atomic mass is 9.86. The zero-order chi connectivity index (χ0) is 9.54. The van der Waals surface area contributed by atoms with Crippen LogP contribution in [-0.2, 0) is 25.7 Å². The molecule has 0 bridgehead atoms. The summed E-state index contributed by atoms with van der Waals surface area (Å²) in [4.78, 5) is 0. The SMILES string of the molecule is N[C@H]1CCc2cc3c(cc2C1)CCC3. The summed E-state index contributed by atoms with van der Waals surface area (Å²) in [5, 5.41) is 0. The largest absolute Gasteiger partial charge is 0.327 e. The molecular weight excluding hydrogens is 170 g/mol. The maximum absolute atomic E-state index is 5.99. The van der Waals surface area contributed by atoms with Gasteiger partial charge in [0.1, 0.15) is 0 Å². The Hall–Kier alpha value is -0.820. The van der Waals surface area contributed by atoms with Crippen molar-refractivity contribution in [1.82, 2.24) is 0 Å². The summed E-state index contributed by atoms with van der Waals surface area (Å²) in [5.74, 6) is 0. The molecule has 74 valence electrons. The Bertz CT molecular complexity index is 368. The zero-order valence-corrected chi connectivity index (χ0v) is 8.55. The standard InChI is InChI=1S/C13H17N/c14-13-5-4-11-6-9-2-1-3-10(9)7-12(11)8-13/h6-7,13H,1-5,8,14H2/t13-/m0/s1. The molecule has 2 aliphatic rings.